The minimum atomic E-state index is -0.750. The van der Waals surface area contributed by atoms with Gasteiger partial charge in [-0.1, -0.05) is 12.5 Å². The molecule has 2 aliphatic carbocycles. The average Bonchev–Trinajstić information content (AvgIpc) is 3.00. The summed E-state index contributed by atoms with van der Waals surface area (Å²) in [7, 11) is 1.52. The van der Waals surface area contributed by atoms with Crippen molar-refractivity contribution in [2.24, 2.45) is 17.8 Å². The largest absolute Gasteiger partial charge is 0.496 e. The standard InChI is InChI=1S/C16H21FO2/c1-19-15-4-2-3-13(17)16(15)14(18)9-12-8-10-5-6-11(12)7-10/h2-4,10-12,14,18H,5-9H2,1H3. The summed E-state index contributed by atoms with van der Waals surface area (Å²) in [5.41, 5.74) is 0.327. The molecule has 4 unspecified atom stereocenters. The predicted octanol–water partition coefficient (Wildman–Crippen LogP) is 3.69. The van der Waals surface area contributed by atoms with Gasteiger partial charge in [-0.2, -0.15) is 0 Å². The molecule has 0 spiro atoms. The fraction of sp³-hybridized carbons (Fsp3) is 0.625. The fourth-order valence-electron chi connectivity index (χ4n) is 4.09. The van der Waals surface area contributed by atoms with Gasteiger partial charge in [0.1, 0.15) is 11.6 Å². The number of aliphatic hydroxyl groups excluding tert-OH is 1. The Morgan fingerprint density at radius 1 is 1.37 bits per heavy atom. The van der Waals surface area contributed by atoms with Crippen LogP contribution in [0.15, 0.2) is 18.2 Å². The van der Waals surface area contributed by atoms with Crippen molar-refractivity contribution in [1.82, 2.24) is 0 Å². The van der Waals surface area contributed by atoms with Crippen molar-refractivity contribution in [3.8, 4) is 5.75 Å². The first-order valence-corrected chi connectivity index (χ1v) is 7.19. The second kappa shape index (κ2) is 5.12. The average molecular weight is 264 g/mol. The lowest BCUT2D eigenvalue weighted by atomic mass is 9.83. The highest BCUT2D eigenvalue weighted by atomic mass is 19.1. The number of benzene rings is 1. The van der Waals surface area contributed by atoms with Crippen molar-refractivity contribution in [3.63, 3.8) is 0 Å². The third kappa shape index (κ3) is 2.36. The number of hydrogen-bond donors (Lipinski definition) is 1. The zero-order chi connectivity index (χ0) is 13.4. The molecule has 2 nitrogen and oxygen atoms in total. The second-order valence-corrected chi connectivity index (χ2v) is 6.04. The minimum Gasteiger partial charge on any atom is -0.496 e. The van der Waals surface area contributed by atoms with Crippen LogP contribution in [0.2, 0.25) is 0 Å². The SMILES string of the molecule is COc1cccc(F)c1C(O)CC1CC2CCC1C2. The third-order valence-electron chi connectivity index (χ3n) is 4.98. The number of halogens is 1. The molecule has 2 aliphatic rings. The van der Waals surface area contributed by atoms with E-state index in [0.717, 1.165) is 11.8 Å². The van der Waals surface area contributed by atoms with Crippen LogP contribution >= 0.6 is 0 Å². The van der Waals surface area contributed by atoms with Gasteiger partial charge in [0.15, 0.2) is 0 Å². The molecular weight excluding hydrogens is 243 g/mol. The van der Waals surface area contributed by atoms with Crippen LogP contribution in [-0.2, 0) is 0 Å². The van der Waals surface area contributed by atoms with E-state index in [-0.39, 0.29) is 5.82 Å². The van der Waals surface area contributed by atoms with Crippen molar-refractivity contribution >= 4 is 0 Å². The molecule has 2 fully saturated rings. The summed E-state index contributed by atoms with van der Waals surface area (Å²) in [6.45, 7) is 0. The van der Waals surface area contributed by atoms with E-state index < -0.39 is 6.10 Å². The Balaban J connectivity index is 1.75. The lowest BCUT2D eigenvalue weighted by Crippen LogP contribution is -2.15. The smallest absolute Gasteiger partial charge is 0.132 e. The predicted molar refractivity (Wildman–Crippen MR) is 71.5 cm³/mol. The molecule has 0 amide bonds. The number of fused-ring (bicyclic) bond motifs is 2. The first-order valence-electron chi connectivity index (χ1n) is 7.19. The van der Waals surface area contributed by atoms with Crippen LogP contribution in [0.1, 0.15) is 43.8 Å². The maximum atomic E-state index is 13.9. The topological polar surface area (TPSA) is 29.5 Å². The zero-order valence-corrected chi connectivity index (χ0v) is 11.3. The Morgan fingerprint density at radius 3 is 2.84 bits per heavy atom. The van der Waals surface area contributed by atoms with Crippen LogP contribution in [-0.4, -0.2) is 12.2 Å². The molecule has 2 saturated carbocycles. The van der Waals surface area contributed by atoms with Gasteiger partial charge in [-0.25, -0.2) is 4.39 Å². The van der Waals surface area contributed by atoms with Crippen molar-refractivity contribution in [1.29, 1.82) is 0 Å². The number of methoxy groups -OCH3 is 1. The van der Waals surface area contributed by atoms with Crippen LogP contribution in [0.25, 0.3) is 0 Å². The quantitative estimate of drug-likeness (QED) is 0.898. The molecule has 0 radical (unpaired) electrons. The van der Waals surface area contributed by atoms with E-state index in [0.29, 0.717) is 23.7 Å². The van der Waals surface area contributed by atoms with Gasteiger partial charge in [-0.15, -0.1) is 0 Å². The van der Waals surface area contributed by atoms with E-state index >= 15 is 0 Å². The molecule has 0 saturated heterocycles. The summed E-state index contributed by atoms with van der Waals surface area (Å²) in [5.74, 6) is 2.24. The van der Waals surface area contributed by atoms with Gasteiger partial charge in [-0.05, 0) is 55.6 Å². The number of ether oxygens (including phenoxy) is 1. The number of hydrogen-bond acceptors (Lipinski definition) is 2. The molecule has 0 aromatic heterocycles. The van der Waals surface area contributed by atoms with Gasteiger partial charge in [0.05, 0.1) is 18.8 Å². The van der Waals surface area contributed by atoms with E-state index in [4.69, 9.17) is 4.74 Å². The van der Waals surface area contributed by atoms with E-state index in [1.54, 1.807) is 12.1 Å². The van der Waals surface area contributed by atoms with E-state index in [1.807, 2.05) is 0 Å². The normalized spacial score (nSPS) is 30.6. The minimum absolute atomic E-state index is 0.327. The first kappa shape index (κ1) is 12.9. The zero-order valence-electron chi connectivity index (χ0n) is 11.3. The van der Waals surface area contributed by atoms with Crippen LogP contribution in [0.3, 0.4) is 0 Å². The second-order valence-electron chi connectivity index (χ2n) is 6.04. The third-order valence-corrected chi connectivity index (χ3v) is 4.98. The van der Waals surface area contributed by atoms with Gasteiger partial charge in [-0.3, -0.25) is 0 Å². The highest BCUT2D eigenvalue weighted by molar-refractivity contribution is 5.36. The van der Waals surface area contributed by atoms with E-state index in [1.165, 1.54) is 38.9 Å². The Kier molecular flexibility index (Phi) is 3.48. The molecule has 3 rings (SSSR count). The van der Waals surface area contributed by atoms with Crippen molar-refractivity contribution in [2.75, 3.05) is 7.11 Å². The summed E-state index contributed by atoms with van der Waals surface area (Å²) in [6, 6.07) is 4.71. The lowest BCUT2D eigenvalue weighted by Gasteiger charge is -2.25. The lowest BCUT2D eigenvalue weighted by molar-refractivity contribution is 0.119. The van der Waals surface area contributed by atoms with Crippen LogP contribution in [0.4, 0.5) is 4.39 Å². The molecule has 2 bridgehead atoms. The Hall–Kier alpha value is -1.09. The molecule has 4 atom stereocenters. The molecule has 3 heteroatoms. The van der Waals surface area contributed by atoms with Gasteiger partial charge >= 0.3 is 0 Å². The molecule has 1 aromatic carbocycles. The van der Waals surface area contributed by atoms with Gasteiger partial charge in [0.2, 0.25) is 0 Å². The van der Waals surface area contributed by atoms with Crippen molar-refractivity contribution < 1.29 is 14.2 Å². The molecular formula is C16H21FO2. The van der Waals surface area contributed by atoms with E-state index in [2.05, 4.69) is 0 Å². The Morgan fingerprint density at radius 2 is 2.21 bits per heavy atom. The number of rotatable bonds is 4. The fourth-order valence-corrected chi connectivity index (χ4v) is 4.09. The molecule has 1 N–H and O–H groups in total. The Bertz CT molecular complexity index is 460. The van der Waals surface area contributed by atoms with Crippen LogP contribution in [0, 0.1) is 23.6 Å². The number of aliphatic hydroxyl groups is 1. The molecule has 1 aromatic rings. The van der Waals surface area contributed by atoms with Gasteiger partial charge in [0.25, 0.3) is 0 Å². The summed E-state index contributed by atoms with van der Waals surface area (Å²) in [6.07, 6.45) is 5.07. The maximum absolute atomic E-state index is 13.9. The summed E-state index contributed by atoms with van der Waals surface area (Å²) >= 11 is 0. The molecule has 0 aliphatic heterocycles. The molecule has 19 heavy (non-hydrogen) atoms. The summed E-state index contributed by atoms with van der Waals surface area (Å²) in [5, 5.41) is 10.4. The first-order chi connectivity index (χ1) is 9.19. The van der Waals surface area contributed by atoms with Gasteiger partial charge in [0, 0.05) is 0 Å². The Labute approximate surface area is 113 Å². The summed E-state index contributed by atoms with van der Waals surface area (Å²) in [4.78, 5) is 0. The van der Waals surface area contributed by atoms with Crippen LogP contribution < -0.4 is 4.74 Å². The van der Waals surface area contributed by atoms with Crippen molar-refractivity contribution in [3.05, 3.63) is 29.6 Å². The van der Waals surface area contributed by atoms with E-state index in [9.17, 15) is 9.50 Å². The van der Waals surface area contributed by atoms with Gasteiger partial charge < -0.3 is 9.84 Å². The highest BCUT2D eigenvalue weighted by Gasteiger charge is 2.40. The van der Waals surface area contributed by atoms with Crippen LogP contribution in [0.5, 0.6) is 5.75 Å². The van der Waals surface area contributed by atoms with Crippen molar-refractivity contribution in [2.45, 2.75) is 38.2 Å². The molecule has 104 valence electrons. The molecule has 0 heterocycles. The monoisotopic (exact) mass is 264 g/mol. The highest BCUT2D eigenvalue weighted by Crippen LogP contribution is 2.51. The maximum Gasteiger partial charge on any atom is 0.132 e. The summed E-state index contributed by atoms with van der Waals surface area (Å²) < 4.78 is 19.1.